The average Bonchev–Trinajstić information content (AvgIpc) is 2.34. The minimum atomic E-state index is -0.205. The van der Waals surface area contributed by atoms with Crippen LogP contribution in [-0.4, -0.2) is 27.7 Å². The molecule has 0 aromatic carbocycles. The Bertz CT molecular complexity index is 459. The van der Waals surface area contributed by atoms with Crippen molar-refractivity contribution >= 4 is 17.7 Å². The molecule has 0 aliphatic rings. The number of hydrogen-bond donors (Lipinski definition) is 2. The highest BCUT2D eigenvalue weighted by Crippen LogP contribution is 2.10. The van der Waals surface area contributed by atoms with Crippen molar-refractivity contribution in [2.45, 2.75) is 44.8 Å². The number of hydrogen-bond acceptors (Lipinski definition) is 4. The summed E-state index contributed by atoms with van der Waals surface area (Å²) in [7, 11) is 0. The Labute approximate surface area is 117 Å². The largest absolute Gasteiger partial charge is 0.353 e. The van der Waals surface area contributed by atoms with Crippen LogP contribution < -0.4 is 10.9 Å². The van der Waals surface area contributed by atoms with Crippen molar-refractivity contribution < 1.29 is 4.79 Å². The van der Waals surface area contributed by atoms with Gasteiger partial charge in [0.05, 0.1) is 5.75 Å². The van der Waals surface area contributed by atoms with Crippen LogP contribution in [0.1, 0.15) is 33.6 Å². The lowest BCUT2D eigenvalue weighted by molar-refractivity contribution is -0.119. The van der Waals surface area contributed by atoms with E-state index in [0.717, 1.165) is 12.8 Å². The Morgan fingerprint density at radius 3 is 2.79 bits per heavy atom. The van der Waals surface area contributed by atoms with Gasteiger partial charge in [-0.1, -0.05) is 25.6 Å². The van der Waals surface area contributed by atoms with Crippen molar-refractivity contribution in [1.29, 1.82) is 0 Å². The molecule has 6 heteroatoms. The third-order valence-corrected chi connectivity index (χ3v) is 3.46. The van der Waals surface area contributed by atoms with E-state index in [4.69, 9.17) is 0 Å². The summed E-state index contributed by atoms with van der Waals surface area (Å²) in [6.07, 6.45) is 3.51. The van der Waals surface area contributed by atoms with Gasteiger partial charge in [0.1, 0.15) is 0 Å². The third-order valence-electron chi connectivity index (χ3n) is 2.57. The number of aromatic nitrogens is 2. The second-order valence-corrected chi connectivity index (χ2v) is 5.93. The minimum Gasteiger partial charge on any atom is -0.353 e. The molecular weight excluding hydrogens is 262 g/mol. The van der Waals surface area contributed by atoms with Gasteiger partial charge in [-0.05, 0) is 25.7 Å². The number of nitrogens with zero attached hydrogens (tertiary/aromatic N) is 1. The first-order valence-electron chi connectivity index (χ1n) is 6.45. The molecular formula is C13H21N3O2S. The summed E-state index contributed by atoms with van der Waals surface area (Å²) in [5, 5.41) is 3.41. The number of aromatic amines is 1. The molecule has 0 saturated carbocycles. The van der Waals surface area contributed by atoms with E-state index in [2.05, 4.69) is 29.1 Å². The summed E-state index contributed by atoms with van der Waals surface area (Å²) in [4.78, 5) is 29.3. The highest BCUT2D eigenvalue weighted by Gasteiger charge is 2.09. The first-order valence-corrected chi connectivity index (χ1v) is 7.43. The van der Waals surface area contributed by atoms with Crippen molar-refractivity contribution in [2.24, 2.45) is 5.92 Å². The van der Waals surface area contributed by atoms with Gasteiger partial charge in [-0.3, -0.25) is 9.59 Å². The highest BCUT2D eigenvalue weighted by atomic mass is 32.2. The molecule has 0 fully saturated rings. The molecule has 0 spiro atoms. The molecule has 1 heterocycles. The first-order chi connectivity index (χ1) is 8.97. The lowest BCUT2D eigenvalue weighted by Crippen LogP contribution is -2.34. The summed E-state index contributed by atoms with van der Waals surface area (Å²) in [6, 6.07) is 1.52. The second kappa shape index (κ2) is 7.99. The Morgan fingerprint density at radius 2 is 2.16 bits per heavy atom. The van der Waals surface area contributed by atoms with E-state index in [1.54, 1.807) is 0 Å². The summed E-state index contributed by atoms with van der Waals surface area (Å²) in [5.41, 5.74) is -0.205. The maximum Gasteiger partial charge on any atom is 0.251 e. The van der Waals surface area contributed by atoms with Crippen molar-refractivity contribution in [2.75, 3.05) is 5.75 Å². The van der Waals surface area contributed by atoms with Crippen molar-refractivity contribution in [3.05, 3.63) is 22.6 Å². The molecule has 0 aliphatic carbocycles. The van der Waals surface area contributed by atoms with E-state index >= 15 is 0 Å². The fraction of sp³-hybridized carbons (Fsp3) is 0.615. The first kappa shape index (κ1) is 15.8. The summed E-state index contributed by atoms with van der Waals surface area (Å²) in [5.74, 6) is 0.874. The zero-order valence-corrected chi connectivity index (χ0v) is 12.4. The van der Waals surface area contributed by atoms with Crippen LogP contribution in [0.15, 0.2) is 22.2 Å². The monoisotopic (exact) mass is 283 g/mol. The van der Waals surface area contributed by atoms with Crippen molar-refractivity contribution in [1.82, 2.24) is 15.3 Å². The molecule has 1 aromatic heterocycles. The molecule has 5 nitrogen and oxygen atoms in total. The van der Waals surface area contributed by atoms with Gasteiger partial charge in [0.2, 0.25) is 5.91 Å². The molecule has 0 unspecified atom stereocenters. The van der Waals surface area contributed by atoms with Crippen LogP contribution in [0.2, 0.25) is 0 Å². The second-order valence-electron chi connectivity index (χ2n) is 4.97. The van der Waals surface area contributed by atoms with E-state index in [-0.39, 0.29) is 23.3 Å². The van der Waals surface area contributed by atoms with Gasteiger partial charge >= 0.3 is 0 Å². The number of nitrogens with one attached hydrogen (secondary N) is 2. The molecule has 0 bridgehead atoms. The minimum absolute atomic E-state index is 0.0345. The maximum absolute atomic E-state index is 11.7. The predicted octanol–water partition coefficient (Wildman–Crippen LogP) is 1.80. The zero-order chi connectivity index (χ0) is 14.3. The molecule has 1 atom stereocenters. The van der Waals surface area contributed by atoms with Gasteiger partial charge in [-0.25, -0.2) is 4.98 Å². The van der Waals surface area contributed by atoms with E-state index in [9.17, 15) is 9.59 Å². The summed E-state index contributed by atoms with van der Waals surface area (Å²) in [6.45, 7) is 6.34. The Morgan fingerprint density at radius 1 is 1.42 bits per heavy atom. The third kappa shape index (κ3) is 7.00. The van der Waals surface area contributed by atoms with Crippen LogP contribution in [-0.2, 0) is 4.79 Å². The van der Waals surface area contributed by atoms with Crippen LogP contribution >= 0.6 is 11.8 Å². The lowest BCUT2D eigenvalue weighted by atomic mass is 10.0. The van der Waals surface area contributed by atoms with Gasteiger partial charge in [0, 0.05) is 18.3 Å². The fourth-order valence-corrected chi connectivity index (χ4v) is 2.19. The van der Waals surface area contributed by atoms with Crippen LogP contribution in [0.3, 0.4) is 0 Å². The molecule has 19 heavy (non-hydrogen) atoms. The lowest BCUT2D eigenvalue weighted by Gasteiger charge is -2.14. The molecule has 0 saturated heterocycles. The average molecular weight is 283 g/mol. The van der Waals surface area contributed by atoms with Gasteiger partial charge < -0.3 is 10.3 Å². The Balaban J connectivity index is 2.29. The molecule has 1 amide bonds. The van der Waals surface area contributed by atoms with Gasteiger partial charge in [-0.2, -0.15) is 0 Å². The predicted molar refractivity (Wildman–Crippen MR) is 77.3 cm³/mol. The van der Waals surface area contributed by atoms with E-state index in [1.807, 2.05) is 6.92 Å². The molecule has 1 rings (SSSR count). The maximum atomic E-state index is 11.7. The van der Waals surface area contributed by atoms with Crippen molar-refractivity contribution in [3.63, 3.8) is 0 Å². The van der Waals surface area contributed by atoms with E-state index in [1.165, 1.54) is 24.0 Å². The zero-order valence-electron chi connectivity index (χ0n) is 11.6. The summed E-state index contributed by atoms with van der Waals surface area (Å²) >= 11 is 1.23. The van der Waals surface area contributed by atoms with Crippen LogP contribution in [0.5, 0.6) is 0 Å². The smallest absolute Gasteiger partial charge is 0.251 e. The molecule has 0 radical (unpaired) electrons. The number of carbonyl (C=O) groups is 1. The number of thioether (sulfide) groups is 1. The fourth-order valence-electron chi connectivity index (χ4n) is 1.53. The number of H-pyrrole nitrogens is 1. The van der Waals surface area contributed by atoms with Gasteiger partial charge in [0.25, 0.3) is 5.56 Å². The van der Waals surface area contributed by atoms with Gasteiger partial charge in [-0.15, -0.1) is 0 Å². The molecule has 0 aliphatic heterocycles. The highest BCUT2D eigenvalue weighted by molar-refractivity contribution is 7.99. The summed E-state index contributed by atoms with van der Waals surface area (Å²) < 4.78 is 0. The molecule has 2 N–H and O–H groups in total. The van der Waals surface area contributed by atoms with Crippen LogP contribution in [0.4, 0.5) is 0 Å². The quantitative estimate of drug-likeness (QED) is 0.591. The van der Waals surface area contributed by atoms with Gasteiger partial charge in [0.15, 0.2) is 5.16 Å². The topological polar surface area (TPSA) is 74.8 Å². The van der Waals surface area contributed by atoms with E-state index < -0.39 is 0 Å². The van der Waals surface area contributed by atoms with E-state index in [0.29, 0.717) is 11.1 Å². The van der Waals surface area contributed by atoms with Crippen LogP contribution in [0, 0.1) is 5.92 Å². The number of rotatable bonds is 7. The number of amides is 1. The standard InChI is InChI=1S/C13H21N3O2S/c1-9(2)4-5-10(3)15-12(18)8-19-13-14-7-6-11(17)16-13/h6-7,9-10H,4-5,8H2,1-3H3,(H,15,18)(H,14,16,17)/t10-/m0/s1. The van der Waals surface area contributed by atoms with Crippen LogP contribution in [0.25, 0.3) is 0 Å². The SMILES string of the molecule is CC(C)CC[C@H](C)NC(=O)CSc1nccc(=O)[nH]1. The number of carbonyl (C=O) groups excluding carboxylic acids is 1. The Kier molecular flexibility index (Phi) is 6.62. The molecule has 106 valence electrons. The Hall–Kier alpha value is -1.30. The normalized spacial score (nSPS) is 12.4. The van der Waals surface area contributed by atoms with Crippen molar-refractivity contribution in [3.8, 4) is 0 Å². The molecule has 1 aromatic rings.